The van der Waals surface area contributed by atoms with Crippen molar-refractivity contribution in [3.63, 3.8) is 0 Å². The predicted octanol–water partition coefficient (Wildman–Crippen LogP) is 4.40. The zero-order valence-corrected chi connectivity index (χ0v) is 20.3. The number of nitrogens with one attached hydrogen (secondary N) is 1. The van der Waals surface area contributed by atoms with E-state index in [2.05, 4.69) is 64.8 Å². The molecule has 3 aromatic carbocycles. The van der Waals surface area contributed by atoms with Gasteiger partial charge in [-0.25, -0.2) is 4.98 Å². The fourth-order valence-corrected chi connectivity index (χ4v) is 4.60. The van der Waals surface area contributed by atoms with E-state index in [0.29, 0.717) is 5.02 Å². The van der Waals surface area contributed by atoms with Gasteiger partial charge in [-0.15, -0.1) is 0 Å². The molecule has 0 amide bonds. The average Bonchev–Trinajstić information content (AvgIpc) is 3.23. The van der Waals surface area contributed by atoms with E-state index >= 15 is 0 Å². The maximum absolute atomic E-state index is 6.45. The van der Waals surface area contributed by atoms with E-state index in [1.54, 1.807) is 0 Å². The number of rotatable bonds is 8. The molecule has 7 heteroatoms. The second kappa shape index (κ2) is 9.88. The van der Waals surface area contributed by atoms with Crippen LogP contribution in [0.5, 0.6) is 0 Å². The van der Waals surface area contributed by atoms with E-state index in [1.165, 1.54) is 16.3 Å². The van der Waals surface area contributed by atoms with Crippen LogP contribution in [0.15, 0.2) is 79.0 Å². The van der Waals surface area contributed by atoms with Crippen LogP contribution in [0.1, 0.15) is 12.0 Å². The zero-order valence-electron chi connectivity index (χ0n) is 19.5. The molecule has 0 fully saturated rings. The van der Waals surface area contributed by atoms with Gasteiger partial charge in [0.05, 0.1) is 5.69 Å². The molecular formula is C27H27BClN5. The molecule has 0 aliphatic rings. The zero-order chi connectivity index (χ0) is 23.5. The van der Waals surface area contributed by atoms with Gasteiger partial charge in [-0.3, -0.25) is 0 Å². The molecule has 2 heterocycles. The Morgan fingerprint density at radius 1 is 1.03 bits per heavy atom. The minimum absolute atomic E-state index is 0.692. The molecule has 2 aromatic heterocycles. The first kappa shape index (κ1) is 22.4. The Balaban J connectivity index is 1.26. The number of halogens is 1. The van der Waals surface area contributed by atoms with Crippen molar-refractivity contribution < 1.29 is 0 Å². The van der Waals surface area contributed by atoms with Crippen molar-refractivity contribution in [2.75, 3.05) is 25.5 Å². The maximum Gasteiger partial charge on any atom is 0.151 e. The summed E-state index contributed by atoms with van der Waals surface area (Å²) in [5.41, 5.74) is 5.00. The van der Waals surface area contributed by atoms with Crippen LogP contribution in [0.25, 0.3) is 27.7 Å². The van der Waals surface area contributed by atoms with E-state index in [1.807, 2.05) is 48.9 Å². The summed E-state index contributed by atoms with van der Waals surface area (Å²) in [4.78, 5) is 7.20. The van der Waals surface area contributed by atoms with Crippen molar-refractivity contribution in [3.8, 4) is 11.3 Å². The third-order valence-corrected chi connectivity index (χ3v) is 6.47. The molecule has 0 aliphatic carbocycles. The van der Waals surface area contributed by atoms with Crippen molar-refractivity contribution in [2.24, 2.45) is 0 Å². The normalized spacial score (nSPS) is 11.5. The molecule has 170 valence electrons. The van der Waals surface area contributed by atoms with Gasteiger partial charge in [-0.05, 0) is 47.9 Å². The molecule has 5 rings (SSSR count). The standard InChI is InChI=1S/C27H27BClN5/c1-33(18-20-10-6-9-19-8-2-3-11-21(19)20)15-7-14-30-26-16-25(22-12-4-5-13-24(22)29)32-27-23(28)17-31-34(26)27/h2-6,8-13,16-17,30H,7,14-15,18,28H2,1H3. The summed E-state index contributed by atoms with van der Waals surface area (Å²) in [5, 5.41) is 11.4. The number of aromatic nitrogens is 3. The summed E-state index contributed by atoms with van der Waals surface area (Å²) in [5.74, 6) is 0.921. The first-order valence-electron chi connectivity index (χ1n) is 11.6. The van der Waals surface area contributed by atoms with Crippen LogP contribution in [0.2, 0.25) is 5.02 Å². The Kier molecular flexibility index (Phi) is 6.52. The number of hydrogen-bond donors (Lipinski definition) is 1. The van der Waals surface area contributed by atoms with Crippen LogP contribution < -0.4 is 10.8 Å². The molecule has 0 spiro atoms. The number of benzene rings is 3. The van der Waals surface area contributed by atoms with E-state index in [9.17, 15) is 0 Å². The highest BCUT2D eigenvalue weighted by Gasteiger charge is 2.12. The first-order valence-corrected chi connectivity index (χ1v) is 12.0. The van der Waals surface area contributed by atoms with E-state index in [4.69, 9.17) is 16.6 Å². The lowest BCUT2D eigenvalue weighted by Crippen LogP contribution is -2.21. The van der Waals surface area contributed by atoms with E-state index in [-0.39, 0.29) is 0 Å². The quantitative estimate of drug-likeness (QED) is 0.271. The molecule has 0 saturated carbocycles. The highest BCUT2D eigenvalue weighted by molar-refractivity contribution is 6.36. The third-order valence-electron chi connectivity index (χ3n) is 6.14. The van der Waals surface area contributed by atoms with Crippen molar-refractivity contribution in [1.82, 2.24) is 19.5 Å². The molecule has 5 nitrogen and oxygen atoms in total. The molecule has 0 bridgehead atoms. The Bertz CT molecular complexity index is 1440. The van der Waals surface area contributed by atoms with Crippen molar-refractivity contribution in [2.45, 2.75) is 13.0 Å². The van der Waals surface area contributed by atoms with Crippen LogP contribution >= 0.6 is 11.6 Å². The van der Waals surface area contributed by atoms with E-state index in [0.717, 1.165) is 54.2 Å². The minimum atomic E-state index is 0.692. The third kappa shape index (κ3) is 4.65. The van der Waals surface area contributed by atoms with E-state index < -0.39 is 0 Å². The maximum atomic E-state index is 6.45. The molecule has 1 N–H and O–H groups in total. The van der Waals surface area contributed by atoms with Gasteiger partial charge in [0, 0.05) is 35.9 Å². The Morgan fingerprint density at radius 2 is 1.82 bits per heavy atom. The summed E-state index contributed by atoms with van der Waals surface area (Å²) in [6.45, 7) is 2.75. The molecule has 34 heavy (non-hydrogen) atoms. The van der Waals surface area contributed by atoms with Gasteiger partial charge in [0.2, 0.25) is 0 Å². The van der Waals surface area contributed by atoms with Crippen LogP contribution in [-0.2, 0) is 6.54 Å². The molecular weight excluding hydrogens is 441 g/mol. The molecule has 0 saturated heterocycles. The fraction of sp³-hybridized carbons (Fsp3) is 0.185. The number of anilines is 1. The molecule has 0 unspecified atom stereocenters. The smallest absolute Gasteiger partial charge is 0.151 e. The SMILES string of the molecule is Bc1cnn2c(NCCCN(C)Cc3cccc4ccccc34)cc(-c3ccccc3Cl)nc12. The minimum Gasteiger partial charge on any atom is -0.370 e. The van der Waals surface area contributed by atoms with Crippen molar-refractivity contribution in [1.29, 1.82) is 0 Å². The van der Waals surface area contributed by atoms with Crippen molar-refractivity contribution in [3.05, 3.63) is 89.6 Å². The lowest BCUT2D eigenvalue weighted by Gasteiger charge is -2.18. The number of nitrogens with zero attached hydrogens (tertiary/aromatic N) is 4. The Labute approximate surface area is 205 Å². The Morgan fingerprint density at radius 3 is 2.71 bits per heavy atom. The second-order valence-electron chi connectivity index (χ2n) is 8.73. The van der Waals surface area contributed by atoms with Crippen LogP contribution in [0, 0.1) is 0 Å². The molecule has 0 atom stereocenters. The molecule has 0 aliphatic heterocycles. The highest BCUT2D eigenvalue weighted by atomic mass is 35.5. The number of fused-ring (bicyclic) bond motifs is 2. The van der Waals surface area contributed by atoms with Crippen LogP contribution in [0.3, 0.4) is 0 Å². The van der Waals surface area contributed by atoms with Gasteiger partial charge in [-0.2, -0.15) is 9.61 Å². The van der Waals surface area contributed by atoms with Gasteiger partial charge < -0.3 is 10.2 Å². The first-order chi connectivity index (χ1) is 16.6. The second-order valence-corrected chi connectivity index (χ2v) is 9.13. The summed E-state index contributed by atoms with van der Waals surface area (Å²) < 4.78 is 1.87. The van der Waals surface area contributed by atoms with Crippen LogP contribution in [-0.4, -0.2) is 47.5 Å². The van der Waals surface area contributed by atoms with Crippen molar-refractivity contribution >= 4 is 47.1 Å². The lowest BCUT2D eigenvalue weighted by molar-refractivity contribution is 0.326. The molecule has 5 aromatic rings. The highest BCUT2D eigenvalue weighted by Crippen LogP contribution is 2.28. The molecule has 0 radical (unpaired) electrons. The number of hydrogen-bond acceptors (Lipinski definition) is 4. The van der Waals surface area contributed by atoms with Gasteiger partial charge in [-0.1, -0.05) is 72.3 Å². The Hall–Kier alpha value is -3.35. The van der Waals surface area contributed by atoms with Crippen LogP contribution in [0.4, 0.5) is 5.82 Å². The summed E-state index contributed by atoms with van der Waals surface area (Å²) in [7, 11) is 4.20. The topological polar surface area (TPSA) is 45.5 Å². The monoisotopic (exact) mass is 467 g/mol. The van der Waals surface area contributed by atoms with Gasteiger partial charge in [0.1, 0.15) is 13.7 Å². The van der Waals surface area contributed by atoms with Gasteiger partial charge >= 0.3 is 0 Å². The van der Waals surface area contributed by atoms with Gasteiger partial charge in [0.15, 0.2) is 5.65 Å². The lowest BCUT2D eigenvalue weighted by atomic mass is 10.0. The largest absolute Gasteiger partial charge is 0.370 e. The summed E-state index contributed by atoms with van der Waals surface area (Å²) >= 11 is 6.45. The average molecular weight is 468 g/mol. The predicted molar refractivity (Wildman–Crippen MR) is 145 cm³/mol. The fourth-order valence-electron chi connectivity index (χ4n) is 4.37. The van der Waals surface area contributed by atoms with Gasteiger partial charge in [0.25, 0.3) is 0 Å². The summed E-state index contributed by atoms with van der Waals surface area (Å²) in [6, 6.07) is 25.0. The summed E-state index contributed by atoms with van der Waals surface area (Å²) in [6.07, 6.45) is 2.86.